The van der Waals surface area contributed by atoms with E-state index in [4.69, 9.17) is 4.74 Å². The fourth-order valence-electron chi connectivity index (χ4n) is 6.92. The molecule has 2 fully saturated rings. The minimum atomic E-state index is -0.895. The molecule has 0 spiro atoms. The van der Waals surface area contributed by atoms with Gasteiger partial charge in [0.25, 0.3) is 11.8 Å². The summed E-state index contributed by atoms with van der Waals surface area (Å²) >= 11 is 0. The van der Waals surface area contributed by atoms with Crippen molar-refractivity contribution in [1.82, 2.24) is 15.5 Å². The third-order valence-electron chi connectivity index (χ3n) is 9.23. The van der Waals surface area contributed by atoms with Gasteiger partial charge in [-0.05, 0) is 112 Å². The molecule has 2 aromatic carbocycles. The maximum absolute atomic E-state index is 14.3. The van der Waals surface area contributed by atoms with E-state index in [-0.39, 0.29) is 30.1 Å². The molecule has 4 unspecified atom stereocenters. The first-order valence-electron chi connectivity index (χ1n) is 17.2. The highest BCUT2D eigenvalue weighted by Crippen LogP contribution is 2.25. The summed E-state index contributed by atoms with van der Waals surface area (Å²) in [5, 5.41) is 18.3. The fourth-order valence-corrected chi connectivity index (χ4v) is 6.92. The Morgan fingerprint density at radius 1 is 0.956 bits per heavy atom. The van der Waals surface area contributed by atoms with Crippen LogP contribution in [0, 0.1) is 25.6 Å². The molecule has 2 aromatic rings. The van der Waals surface area contributed by atoms with Crippen molar-refractivity contribution in [3.63, 3.8) is 0 Å². The SMILES string of the molecule is CCCN(CCC)C(=O)c1cc(C)cc(C(=O)NC(Cc2cc(C)cc(F)c2)C(O)C2CCC(COC3CCCCC3)CN2)c1. The van der Waals surface area contributed by atoms with Crippen LogP contribution in [0.2, 0.25) is 0 Å². The number of hydrogen-bond donors (Lipinski definition) is 3. The lowest BCUT2D eigenvalue weighted by molar-refractivity contribution is -0.00514. The molecule has 1 heterocycles. The first kappa shape index (κ1) is 35.1. The largest absolute Gasteiger partial charge is 0.389 e. The summed E-state index contributed by atoms with van der Waals surface area (Å²) in [4.78, 5) is 28.9. The normalized spacial score (nSPS) is 20.4. The van der Waals surface area contributed by atoms with Crippen molar-refractivity contribution in [2.75, 3.05) is 26.2 Å². The number of carbonyl (C=O) groups excluding carboxylic acids is 2. The molecule has 2 aliphatic rings. The lowest BCUT2D eigenvalue weighted by atomic mass is 9.87. The molecule has 1 saturated heterocycles. The zero-order valence-electron chi connectivity index (χ0n) is 27.7. The highest BCUT2D eigenvalue weighted by molar-refractivity contribution is 6.00. The molecule has 0 radical (unpaired) electrons. The Morgan fingerprint density at radius 3 is 2.29 bits per heavy atom. The van der Waals surface area contributed by atoms with Crippen LogP contribution in [-0.4, -0.2) is 72.4 Å². The Morgan fingerprint density at radius 2 is 1.64 bits per heavy atom. The summed E-state index contributed by atoms with van der Waals surface area (Å²) in [6, 6.07) is 9.17. The van der Waals surface area contributed by atoms with Gasteiger partial charge in [-0.2, -0.15) is 0 Å². The van der Waals surface area contributed by atoms with Crippen molar-refractivity contribution >= 4 is 11.8 Å². The van der Waals surface area contributed by atoms with Gasteiger partial charge >= 0.3 is 0 Å². The number of rotatable bonds is 14. The summed E-state index contributed by atoms with van der Waals surface area (Å²) in [5.41, 5.74) is 3.16. The molecular weight excluding hydrogens is 569 g/mol. The average molecular weight is 624 g/mol. The quantitative estimate of drug-likeness (QED) is 0.236. The second-order valence-electron chi connectivity index (χ2n) is 13.3. The van der Waals surface area contributed by atoms with Crippen molar-refractivity contribution < 1.29 is 23.8 Å². The minimum Gasteiger partial charge on any atom is -0.389 e. The van der Waals surface area contributed by atoms with Crippen LogP contribution in [-0.2, 0) is 11.2 Å². The number of nitrogens with zero attached hydrogens (tertiary/aromatic N) is 1. The second kappa shape index (κ2) is 17.2. The maximum atomic E-state index is 14.3. The zero-order chi connectivity index (χ0) is 32.3. The number of hydrogen-bond acceptors (Lipinski definition) is 5. The summed E-state index contributed by atoms with van der Waals surface area (Å²) < 4.78 is 20.6. The average Bonchev–Trinajstić information content (AvgIpc) is 3.02. The summed E-state index contributed by atoms with van der Waals surface area (Å²) in [6.45, 7) is 10.6. The van der Waals surface area contributed by atoms with E-state index in [0.717, 1.165) is 62.8 Å². The van der Waals surface area contributed by atoms with Crippen molar-refractivity contribution in [2.24, 2.45) is 5.92 Å². The van der Waals surface area contributed by atoms with Gasteiger partial charge < -0.3 is 25.4 Å². The Labute approximate surface area is 269 Å². The molecule has 45 heavy (non-hydrogen) atoms. The molecule has 8 heteroatoms. The van der Waals surface area contributed by atoms with Gasteiger partial charge in [0.05, 0.1) is 24.9 Å². The van der Waals surface area contributed by atoms with Crippen molar-refractivity contribution in [3.05, 3.63) is 70.0 Å². The number of nitrogens with one attached hydrogen (secondary N) is 2. The maximum Gasteiger partial charge on any atom is 0.253 e. The van der Waals surface area contributed by atoms with Crippen LogP contribution in [0.4, 0.5) is 4.39 Å². The van der Waals surface area contributed by atoms with Gasteiger partial charge in [-0.25, -0.2) is 4.39 Å². The summed E-state index contributed by atoms with van der Waals surface area (Å²) in [7, 11) is 0. The lowest BCUT2D eigenvalue weighted by Crippen LogP contribution is -2.56. The molecule has 2 amide bonds. The molecule has 1 saturated carbocycles. The number of aryl methyl sites for hydroxylation is 2. The number of amides is 2. The third-order valence-corrected chi connectivity index (χ3v) is 9.23. The van der Waals surface area contributed by atoms with Crippen molar-refractivity contribution in [1.29, 1.82) is 0 Å². The van der Waals surface area contributed by atoms with Crippen LogP contribution in [0.5, 0.6) is 0 Å². The van der Waals surface area contributed by atoms with Crippen molar-refractivity contribution in [2.45, 2.75) is 116 Å². The smallest absolute Gasteiger partial charge is 0.253 e. The minimum absolute atomic E-state index is 0.0864. The van der Waals surface area contributed by atoms with E-state index in [1.54, 1.807) is 12.1 Å². The topological polar surface area (TPSA) is 90.9 Å². The first-order valence-corrected chi connectivity index (χ1v) is 17.2. The van der Waals surface area contributed by atoms with E-state index in [1.807, 2.05) is 44.7 Å². The van der Waals surface area contributed by atoms with Crippen LogP contribution in [0.25, 0.3) is 0 Å². The molecule has 3 N–H and O–H groups in total. The Balaban J connectivity index is 1.47. The zero-order valence-corrected chi connectivity index (χ0v) is 27.7. The summed E-state index contributed by atoms with van der Waals surface area (Å²) in [5.74, 6) is -0.405. The number of aliphatic hydroxyl groups excluding tert-OH is 1. The van der Waals surface area contributed by atoms with Gasteiger partial charge in [0, 0.05) is 36.8 Å². The molecule has 1 aliphatic carbocycles. The van der Waals surface area contributed by atoms with E-state index < -0.39 is 12.1 Å². The molecular formula is C37H54FN3O4. The van der Waals surface area contributed by atoms with E-state index in [1.165, 1.54) is 31.4 Å². The van der Waals surface area contributed by atoms with Crippen molar-refractivity contribution in [3.8, 4) is 0 Å². The molecule has 4 atom stereocenters. The third kappa shape index (κ3) is 10.3. The van der Waals surface area contributed by atoms with Crippen LogP contribution in [0.3, 0.4) is 0 Å². The van der Waals surface area contributed by atoms with E-state index in [2.05, 4.69) is 10.6 Å². The molecule has 0 aromatic heterocycles. The number of aliphatic hydroxyl groups is 1. The van der Waals surface area contributed by atoms with E-state index >= 15 is 0 Å². The van der Waals surface area contributed by atoms with Crippen LogP contribution in [0.1, 0.15) is 109 Å². The van der Waals surface area contributed by atoms with Crippen LogP contribution < -0.4 is 10.6 Å². The number of carbonyl (C=O) groups is 2. The molecule has 248 valence electrons. The van der Waals surface area contributed by atoms with Crippen LogP contribution in [0.15, 0.2) is 36.4 Å². The van der Waals surface area contributed by atoms with Gasteiger partial charge in [0.2, 0.25) is 0 Å². The molecule has 1 aliphatic heterocycles. The monoisotopic (exact) mass is 623 g/mol. The van der Waals surface area contributed by atoms with Gasteiger partial charge in [-0.3, -0.25) is 9.59 Å². The predicted molar refractivity (Wildman–Crippen MR) is 177 cm³/mol. The second-order valence-corrected chi connectivity index (χ2v) is 13.3. The Bertz CT molecular complexity index is 1230. The van der Waals surface area contributed by atoms with Gasteiger partial charge in [0.1, 0.15) is 5.82 Å². The Kier molecular flexibility index (Phi) is 13.4. The number of piperidine rings is 1. The van der Waals surface area contributed by atoms with Gasteiger partial charge in [0.15, 0.2) is 0 Å². The molecule has 4 rings (SSSR count). The number of halogens is 1. The fraction of sp³-hybridized carbons (Fsp3) is 0.622. The first-order chi connectivity index (χ1) is 21.7. The van der Waals surface area contributed by atoms with E-state index in [9.17, 15) is 19.1 Å². The standard InChI is InChI=1S/C37H54FN3O4/c1-5-14-41(15-6-2)37(44)30-18-26(4)17-29(22-30)36(43)40-34(21-28-16-25(3)19-31(38)20-28)35(42)33-13-12-27(23-39-33)24-45-32-10-8-7-9-11-32/h16-20,22,27,32-35,39,42H,5-15,21,23-24H2,1-4H3,(H,40,43). The van der Waals surface area contributed by atoms with Gasteiger partial charge in [-0.15, -0.1) is 0 Å². The number of ether oxygens (including phenoxy) is 1. The van der Waals surface area contributed by atoms with Crippen LogP contribution >= 0.6 is 0 Å². The number of benzene rings is 2. The molecule has 7 nitrogen and oxygen atoms in total. The Hall–Kier alpha value is -2.81. The lowest BCUT2D eigenvalue weighted by Gasteiger charge is -2.37. The highest BCUT2D eigenvalue weighted by Gasteiger charge is 2.33. The van der Waals surface area contributed by atoms with Gasteiger partial charge in [-0.1, -0.05) is 39.2 Å². The summed E-state index contributed by atoms with van der Waals surface area (Å²) in [6.07, 6.45) is 9.23. The highest BCUT2D eigenvalue weighted by atomic mass is 19.1. The predicted octanol–water partition coefficient (Wildman–Crippen LogP) is 6.12. The molecule has 0 bridgehead atoms. The van der Waals surface area contributed by atoms with E-state index in [0.29, 0.717) is 41.8 Å².